The minimum Gasteiger partial charge on any atom is -0.368 e. The highest BCUT2D eigenvalue weighted by atomic mass is 19.1. The van der Waals surface area contributed by atoms with E-state index in [0.717, 1.165) is 47.6 Å². The number of carbonyl (C=O) groups is 2. The van der Waals surface area contributed by atoms with Crippen LogP contribution in [0.3, 0.4) is 0 Å². The molecule has 1 aromatic heterocycles. The number of hydrogen-bond acceptors (Lipinski definition) is 3. The van der Waals surface area contributed by atoms with Crippen molar-refractivity contribution in [1.82, 2.24) is 15.6 Å². The Morgan fingerprint density at radius 3 is 2.59 bits per heavy atom. The lowest BCUT2D eigenvalue weighted by Gasteiger charge is -2.20. The fourth-order valence-corrected chi connectivity index (χ4v) is 3.78. The second-order valence-corrected chi connectivity index (χ2v) is 7.93. The number of benzene rings is 2. The second kappa shape index (κ2) is 7.96. The smallest absolute Gasteiger partial charge is 0.255 e. The van der Waals surface area contributed by atoms with E-state index in [1.54, 1.807) is 18.3 Å². The molecule has 32 heavy (non-hydrogen) atoms. The van der Waals surface area contributed by atoms with Crippen molar-refractivity contribution in [3.05, 3.63) is 83.7 Å². The van der Waals surface area contributed by atoms with Gasteiger partial charge in [0, 0.05) is 34.7 Å². The molecule has 6 nitrogen and oxygen atoms in total. The summed E-state index contributed by atoms with van der Waals surface area (Å²) in [5, 5.41) is 9.67. The Kier molecular flexibility index (Phi) is 4.97. The summed E-state index contributed by atoms with van der Waals surface area (Å²) < 4.78 is 27.0. The first kappa shape index (κ1) is 20.0. The molecule has 4 N–H and O–H groups in total. The maximum atomic E-state index is 13.5. The number of dihydropyridines is 1. The van der Waals surface area contributed by atoms with Gasteiger partial charge >= 0.3 is 0 Å². The van der Waals surface area contributed by atoms with E-state index in [-0.39, 0.29) is 23.6 Å². The zero-order chi connectivity index (χ0) is 22.2. The Labute approximate surface area is 182 Å². The number of nitrogens with one attached hydrogen (secondary N) is 4. The Balaban J connectivity index is 1.41. The lowest BCUT2D eigenvalue weighted by atomic mass is 10.0. The van der Waals surface area contributed by atoms with Crippen LogP contribution in [0.1, 0.15) is 28.8 Å². The maximum Gasteiger partial charge on any atom is 0.255 e. The Hall–Kier alpha value is -3.94. The van der Waals surface area contributed by atoms with Crippen LogP contribution < -0.4 is 16.0 Å². The fraction of sp³-hybridized carbons (Fsp3) is 0.167. The molecule has 1 aliphatic heterocycles. The predicted molar refractivity (Wildman–Crippen MR) is 118 cm³/mol. The van der Waals surface area contributed by atoms with E-state index in [9.17, 15) is 18.4 Å². The van der Waals surface area contributed by atoms with Crippen LogP contribution in [-0.2, 0) is 4.79 Å². The van der Waals surface area contributed by atoms with Crippen molar-refractivity contribution in [1.29, 1.82) is 0 Å². The van der Waals surface area contributed by atoms with E-state index in [0.29, 0.717) is 11.2 Å². The number of rotatable bonds is 5. The lowest BCUT2D eigenvalue weighted by Crippen LogP contribution is -2.43. The SMILES string of the molecule is O=C(Nc1cccc2c(C3=CC(NC(=O)C4CC4)NC=C3)c[nH]c12)c1cc(F)cc(F)c1. The van der Waals surface area contributed by atoms with E-state index in [2.05, 4.69) is 20.9 Å². The molecule has 0 bridgehead atoms. The zero-order valence-electron chi connectivity index (χ0n) is 16.9. The molecule has 1 saturated carbocycles. The topological polar surface area (TPSA) is 86.0 Å². The number of carbonyl (C=O) groups excluding carboxylic acids is 2. The van der Waals surface area contributed by atoms with Crippen molar-refractivity contribution in [2.75, 3.05) is 5.32 Å². The normalized spacial score (nSPS) is 17.6. The van der Waals surface area contributed by atoms with E-state index in [1.807, 2.05) is 24.4 Å². The zero-order valence-corrected chi connectivity index (χ0v) is 16.9. The van der Waals surface area contributed by atoms with Crippen molar-refractivity contribution in [2.24, 2.45) is 5.92 Å². The molecule has 2 aromatic carbocycles. The van der Waals surface area contributed by atoms with Crippen molar-refractivity contribution in [2.45, 2.75) is 19.0 Å². The average molecular weight is 434 g/mol. The average Bonchev–Trinajstić information content (AvgIpc) is 3.52. The molecule has 0 spiro atoms. The third-order valence-electron chi connectivity index (χ3n) is 5.53. The lowest BCUT2D eigenvalue weighted by molar-refractivity contribution is -0.122. The van der Waals surface area contributed by atoms with Crippen LogP contribution in [0.15, 0.2) is 60.9 Å². The summed E-state index contributed by atoms with van der Waals surface area (Å²) in [4.78, 5) is 27.8. The second-order valence-electron chi connectivity index (χ2n) is 7.93. The molecule has 2 amide bonds. The van der Waals surface area contributed by atoms with E-state index >= 15 is 0 Å². The van der Waals surface area contributed by atoms with Crippen molar-refractivity contribution < 1.29 is 18.4 Å². The van der Waals surface area contributed by atoms with Gasteiger partial charge in [0.15, 0.2) is 0 Å². The minimum absolute atomic E-state index is 0.0473. The summed E-state index contributed by atoms with van der Waals surface area (Å²) >= 11 is 0. The standard InChI is InChI=1S/C24H20F2N4O2/c25-16-8-15(9-17(26)11-16)24(32)29-20-3-1-2-18-19(12-28-22(18)20)14-6-7-27-21(10-14)30-23(31)13-4-5-13/h1-3,6-13,21,27-28H,4-5H2,(H,29,32)(H,30,31). The van der Waals surface area contributed by atoms with Gasteiger partial charge in [0.25, 0.3) is 5.91 Å². The van der Waals surface area contributed by atoms with Gasteiger partial charge in [-0.2, -0.15) is 0 Å². The predicted octanol–water partition coefficient (Wildman–Crippen LogP) is 4.05. The van der Waals surface area contributed by atoms with Gasteiger partial charge in [-0.25, -0.2) is 8.78 Å². The Morgan fingerprint density at radius 2 is 1.84 bits per heavy atom. The van der Waals surface area contributed by atoms with Crippen molar-refractivity contribution in [3.8, 4) is 0 Å². The molecule has 0 saturated heterocycles. The quantitative estimate of drug-likeness (QED) is 0.489. The number of fused-ring (bicyclic) bond motifs is 1. The van der Waals surface area contributed by atoms with Crippen LogP contribution in [0.5, 0.6) is 0 Å². The fourth-order valence-electron chi connectivity index (χ4n) is 3.78. The number of para-hydroxylation sites is 1. The molecule has 1 aliphatic carbocycles. The molecule has 5 rings (SSSR count). The maximum absolute atomic E-state index is 13.5. The highest BCUT2D eigenvalue weighted by molar-refractivity contribution is 6.10. The van der Waals surface area contributed by atoms with Crippen LogP contribution in [0.25, 0.3) is 16.5 Å². The number of halogens is 2. The van der Waals surface area contributed by atoms with Gasteiger partial charge in [-0.05, 0) is 55.0 Å². The Bertz CT molecular complexity index is 1270. The van der Waals surface area contributed by atoms with Crippen LogP contribution in [0.4, 0.5) is 14.5 Å². The van der Waals surface area contributed by atoms with Crippen LogP contribution in [-0.4, -0.2) is 23.0 Å². The molecule has 1 unspecified atom stereocenters. The van der Waals surface area contributed by atoms with Crippen LogP contribution >= 0.6 is 0 Å². The van der Waals surface area contributed by atoms with Gasteiger partial charge in [-0.15, -0.1) is 0 Å². The van der Waals surface area contributed by atoms with Crippen molar-refractivity contribution in [3.63, 3.8) is 0 Å². The van der Waals surface area contributed by atoms with Gasteiger partial charge < -0.3 is 20.9 Å². The number of aromatic amines is 1. The third-order valence-corrected chi connectivity index (χ3v) is 5.53. The van der Waals surface area contributed by atoms with Crippen LogP contribution in [0, 0.1) is 17.6 Å². The number of H-pyrrole nitrogens is 1. The van der Waals surface area contributed by atoms with Gasteiger partial charge in [0.2, 0.25) is 5.91 Å². The molecular formula is C24H20F2N4O2. The van der Waals surface area contributed by atoms with E-state index in [4.69, 9.17) is 0 Å². The minimum atomic E-state index is -0.816. The van der Waals surface area contributed by atoms with Gasteiger partial charge in [-0.3, -0.25) is 9.59 Å². The molecule has 2 heterocycles. The van der Waals surface area contributed by atoms with Gasteiger partial charge in [0.1, 0.15) is 17.8 Å². The highest BCUT2D eigenvalue weighted by Crippen LogP contribution is 2.32. The number of aromatic nitrogens is 1. The molecule has 8 heteroatoms. The molecule has 162 valence electrons. The molecule has 1 atom stereocenters. The summed E-state index contributed by atoms with van der Waals surface area (Å²) in [6.07, 6.45) is 9.01. The summed E-state index contributed by atoms with van der Waals surface area (Å²) in [6, 6.07) is 8.10. The van der Waals surface area contributed by atoms with Gasteiger partial charge in [-0.1, -0.05) is 12.1 Å². The third kappa shape index (κ3) is 3.99. The van der Waals surface area contributed by atoms with Crippen molar-refractivity contribution >= 4 is 34.0 Å². The first-order valence-corrected chi connectivity index (χ1v) is 10.3. The van der Waals surface area contributed by atoms with E-state index < -0.39 is 17.5 Å². The number of hydrogen-bond donors (Lipinski definition) is 4. The van der Waals surface area contributed by atoms with Crippen LogP contribution in [0.2, 0.25) is 0 Å². The summed E-state index contributed by atoms with van der Waals surface area (Å²) in [6.45, 7) is 0. The number of anilines is 1. The monoisotopic (exact) mass is 434 g/mol. The largest absolute Gasteiger partial charge is 0.368 e. The highest BCUT2D eigenvalue weighted by Gasteiger charge is 2.30. The van der Waals surface area contributed by atoms with E-state index in [1.165, 1.54) is 0 Å². The summed E-state index contributed by atoms with van der Waals surface area (Å²) in [5.41, 5.74) is 2.87. The summed E-state index contributed by atoms with van der Waals surface area (Å²) in [5.74, 6) is -2.08. The molecule has 0 radical (unpaired) electrons. The first-order chi connectivity index (χ1) is 15.5. The first-order valence-electron chi connectivity index (χ1n) is 10.3. The molecular weight excluding hydrogens is 414 g/mol. The number of amides is 2. The Morgan fingerprint density at radius 1 is 1.06 bits per heavy atom. The molecule has 2 aliphatic rings. The molecule has 3 aromatic rings. The van der Waals surface area contributed by atoms with Gasteiger partial charge in [0.05, 0.1) is 11.2 Å². The summed E-state index contributed by atoms with van der Waals surface area (Å²) in [7, 11) is 0. The molecule has 1 fully saturated rings. The number of allylic oxidation sites excluding steroid dienone is 2.